The fourth-order valence-corrected chi connectivity index (χ4v) is 6.49. The average molecular weight is 498 g/mol. The first-order chi connectivity index (χ1) is 15.6. The number of nitrogens with zero attached hydrogens (tertiary/aromatic N) is 2. The van der Waals surface area contributed by atoms with E-state index in [1.54, 1.807) is 0 Å². The van der Waals surface area contributed by atoms with Crippen LogP contribution >= 0.6 is 11.3 Å². The second-order valence-corrected chi connectivity index (χ2v) is 10.8. The number of hydrogen-bond donors (Lipinski definition) is 1. The molecule has 1 amide bonds. The first kappa shape index (κ1) is 23.7. The number of piperidine rings is 1. The molecule has 11 heteroatoms. The van der Waals surface area contributed by atoms with Crippen molar-refractivity contribution in [2.24, 2.45) is 5.92 Å². The van der Waals surface area contributed by atoms with Gasteiger partial charge in [0.05, 0.1) is 20.7 Å². The second-order valence-electron chi connectivity index (χ2n) is 7.84. The van der Waals surface area contributed by atoms with Crippen molar-refractivity contribution in [3.8, 4) is 0 Å². The highest BCUT2D eigenvalue weighted by molar-refractivity contribution is 7.89. The lowest BCUT2D eigenvalue weighted by Crippen LogP contribution is -2.41. The number of benzene rings is 2. The van der Waals surface area contributed by atoms with Crippen molar-refractivity contribution in [2.75, 3.05) is 18.4 Å². The Labute approximate surface area is 193 Å². The van der Waals surface area contributed by atoms with Gasteiger partial charge < -0.3 is 5.32 Å². The van der Waals surface area contributed by atoms with E-state index in [4.69, 9.17) is 0 Å². The number of aromatic nitrogens is 1. The summed E-state index contributed by atoms with van der Waals surface area (Å²) in [6.07, 6.45) is -3.46. The van der Waals surface area contributed by atoms with Gasteiger partial charge in [-0.3, -0.25) is 4.79 Å². The Kier molecular flexibility index (Phi) is 6.47. The van der Waals surface area contributed by atoms with Crippen LogP contribution in [0.2, 0.25) is 0 Å². The van der Waals surface area contributed by atoms with Gasteiger partial charge in [-0.1, -0.05) is 36.5 Å². The van der Waals surface area contributed by atoms with Crippen LogP contribution < -0.4 is 5.32 Å². The molecule has 0 unspecified atom stereocenters. The number of carbonyl (C=O) groups is 1. The average Bonchev–Trinajstić information content (AvgIpc) is 3.19. The highest BCUT2D eigenvalue weighted by Crippen LogP contribution is 2.36. The zero-order valence-electron chi connectivity index (χ0n) is 17.7. The summed E-state index contributed by atoms with van der Waals surface area (Å²) in [6.45, 7) is 1.98. The van der Waals surface area contributed by atoms with Gasteiger partial charge in [0.15, 0.2) is 5.13 Å². The first-order valence-electron chi connectivity index (χ1n) is 10.5. The van der Waals surface area contributed by atoms with Crippen LogP contribution in [-0.2, 0) is 27.4 Å². The quantitative estimate of drug-likeness (QED) is 0.543. The molecule has 3 aromatic rings. The van der Waals surface area contributed by atoms with Crippen molar-refractivity contribution < 1.29 is 26.4 Å². The summed E-state index contributed by atoms with van der Waals surface area (Å²) >= 11 is 1.37. The maximum atomic E-state index is 13.3. The van der Waals surface area contributed by atoms with Crippen LogP contribution in [0, 0.1) is 5.92 Å². The van der Waals surface area contributed by atoms with Crippen LogP contribution in [0.3, 0.4) is 0 Å². The Morgan fingerprint density at radius 3 is 2.55 bits per heavy atom. The van der Waals surface area contributed by atoms with Crippen LogP contribution in [0.25, 0.3) is 10.2 Å². The molecule has 1 aromatic heterocycles. The van der Waals surface area contributed by atoms with Crippen molar-refractivity contribution in [3.05, 3.63) is 53.6 Å². The topological polar surface area (TPSA) is 79.4 Å². The van der Waals surface area contributed by atoms with Crippen molar-refractivity contribution in [3.63, 3.8) is 0 Å². The molecule has 1 aliphatic heterocycles. The van der Waals surface area contributed by atoms with Crippen LogP contribution in [0.4, 0.5) is 18.3 Å². The molecule has 6 nitrogen and oxygen atoms in total. The molecular weight excluding hydrogens is 475 g/mol. The number of fused-ring (bicyclic) bond motifs is 1. The minimum absolute atomic E-state index is 0.0354. The number of rotatable bonds is 5. The number of halogens is 3. The molecule has 0 radical (unpaired) electrons. The molecule has 0 saturated carbocycles. The molecule has 33 heavy (non-hydrogen) atoms. The van der Waals surface area contributed by atoms with E-state index in [2.05, 4.69) is 17.2 Å². The zero-order valence-corrected chi connectivity index (χ0v) is 19.4. The summed E-state index contributed by atoms with van der Waals surface area (Å²) in [5, 5.41) is 3.27. The predicted octanol–water partition coefficient (Wildman–Crippen LogP) is 4.92. The van der Waals surface area contributed by atoms with Crippen molar-refractivity contribution >= 4 is 42.6 Å². The smallest absolute Gasteiger partial charge is 0.302 e. The Bertz CT molecular complexity index is 1280. The van der Waals surface area contributed by atoms with Crippen LogP contribution in [0.5, 0.6) is 0 Å². The molecule has 2 aromatic carbocycles. The normalized spacial score (nSPS) is 16.2. The summed E-state index contributed by atoms with van der Waals surface area (Å²) in [7, 11) is -4.34. The molecule has 1 N–H and O–H groups in total. The van der Waals surface area contributed by atoms with Gasteiger partial charge in [0.2, 0.25) is 15.9 Å². The molecule has 0 aliphatic carbocycles. The maximum Gasteiger partial charge on any atom is 0.417 e. The van der Waals surface area contributed by atoms with Gasteiger partial charge >= 0.3 is 6.18 Å². The minimum Gasteiger partial charge on any atom is -0.302 e. The van der Waals surface area contributed by atoms with Gasteiger partial charge in [0, 0.05) is 19.0 Å². The van der Waals surface area contributed by atoms with Gasteiger partial charge in [-0.15, -0.1) is 0 Å². The number of thiazole rings is 1. The fourth-order valence-electron chi connectivity index (χ4n) is 3.87. The minimum atomic E-state index is -4.78. The van der Waals surface area contributed by atoms with E-state index in [0.29, 0.717) is 5.13 Å². The number of hydrogen-bond acceptors (Lipinski definition) is 5. The number of sulfonamides is 1. The Morgan fingerprint density at radius 2 is 1.88 bits per heavy atom. The highest BCUT2D eigenvalue weighted by atomic mass is 32.2. The van der Waals surface area contributed by atoms with Crippen molar-refractivity contribution in [2.45, 2.75) is 37.3 Å². The van der Waals surface area contributed by atoms with Crippen LogP contribution in [0.15, 0.2) is 47.4 Å². The lowest BCUT2D eigenvalue weighted by Gasteiger charge is -2.31. The van der Waals surface area contributed by atoms with Crippen LogP contribution in [-0.4, -0.2) is 36.7 Å². The maximum absolute atomic E-state index is 13.3. The first-order valence-corrected chi connectivity index (χ1v) is 12.7. The molecule has 1 aliphatic rings. The molecular formula is C22H22F3N3O3S2. The zero-order chi connectivity index (χ0) is 23.8. The molecule has 1 fully saturated rings. The molecule has 0 bridgehead atoms. The Hall–Kier alpha value is -2.50. The molecule has 0 atom stereocenters. The van der Waals surface area contributed by atoms with E-state index in [0.717, 1.165) is 39.1 Å². The van der Waals surface area contributed by atoms with E-state index in [1.807, 2.05) is 18.2 Å². The summed E-state index contributed by atoms with van der Waals surface area (Å²) in [6, 6.07) is 10.1. The molecule has 0 spiro atoms. The monoisotopic (exact) mass is 497 g/mol. The second kappa shape index (κ2) is 9.03. The lowest BCUT2D eigenvalue weighted by molar-refractivity contribution is -0.139. The summed E-state index contributed by atoms with van der Waals surface area (Å²) in [5.41, 5.74) is 0.772. The Balaban J connectivity index is 1.43. The van der Waals surface area contributed by atoms with Gasteiger partial charge in [-0.05, 0) is 49.1 Å². The molecule has 4 rings (SSSR count). The van der Waals surface area contributed by atoms with E-state index < -0.39 is 32.6 Å². The number of aryl methyl sites for hydroxylation is 1. The number of carbonyl (C=O) groups excluding carboxylic acids is 1. The van der Waals surface area contributed by atoms with Crippen LogP contribution in [0.1, 0.15) is 30.9 Å². The third-order valence-corrected chi connectivity index (χ3v) is 8.62. The van der Waals surface area contributed by atoms with Gasteiger partial charge in [-0.25, -0.2) is 13.4 Å². The van der Waals surface area contributed by atoms with Gasteiger partial charge in [-0.2, -0.15) is 17.5 Å². The predicted molar refractivity (Wildman–Crippen MR) is 121 cm³/mol. The van der Waals surface area contributed by atoms with Gasteiger partial charge in [0.25, 0.3) is 0 Å². The van der Waals surface area contributed by atoms with Crippen molar-refractivity contribution in [1.82, 2.24) is 9.29 Å². The molecule has 2 heterocycles. The summed E-state index contributed by atoms with van der Waals surface area (Å²) < 4.78 is 67.7. The summed E-state index contributed by atoms with van der Waals surface area (Å²) in [5.74, 6) is -0.718. The number of anilines is 1. The molecule has 176 valence electrons. The van der Waals surface area contributed by atoms with E-state index >= 15 is 0 Å². The van der Waals surface area contributed by atoms with Gasteiger partial charge in [0.1, 0.15) is 0 Å². The van der Waals surface area contributed by atoms with E-state index in [1.165, 1.54) is 23.0 Å². The number of amides is 1. The largest absolute Gasteiger partial charge is 0.417 e. The van der Waals surface area contributed by atoms with E-state index in [-0.39, 0.29) is 31.8 Å². The lowest BCUT2D eigenvalue weighted by atomic mass is 9.97. The number of alkyl halides is 3. The third kappa shape index (κ3) is 4.90. The highest BCUT2D eigenvalue weighted by Gasteiger charge is 2.40. The standard InChI is InChI=1S/C22H22F3N3O3S2/c1-2-14-7-8-17-18(13-14)32-21(26-17)27-20(29)15-9-11-28(12-10-15)33(30,31)19-6-4-3-5-16(19)22(23,24)25/h3-8,13,15H,2,9-12H2,1H3,(H,26,27,29). The summed E-state index contributed by atoms with van der Waals surface area (Å²) in [4.78, 5) is 16.4. The SMILES string of the molecule is CCc1ccc2nc(NC(=O)C3CCN(S(=O)(=O)c4ccccc4C(F)(F)F)CC3)sc2c1. The van der Waals surface area contributed by atoms with Crippen molar-refractivity contribution in [1.29, 1.82) is 0 Å². The third-order valence-electron chi connectivity index (χ3n) is 5.73. The van der Waals surface area contributed by atoms with E-state index in [9.17, 15) is 26.4 Å². The number of nitrogens with one attached hydrogen (secondary N) is 1. The Morgan fingerprint density at radius 1 is 1.18 bits per heavy atom. The molecule has 1 saturated heterocycles. The fraction of sp³-hybridized carbons (Fsp3) is 0.364.